The first kappa shape index (κ1) is 7.43. The number of hydrogen-bond donors (Lipinski definition) is 0. The van der Waals surface area contributed by atoms with Gasteiger partial charge in [0.15, 0.2) is 0 Å². The molecule has 1 aromatic rings. The molecule has 1 atom stereocenters. The number of carbonyl (C=O) groups excluding carboxylic acids is 1. The molecule has 0 aliphatic rings. The van der Waals surface area contributed by atoms with E-state index >= 15 is 0 Å². The largest absolute Gasteiger partial charge is 0.298 e. The first-order valence-corrected chi connectivity index (χ1v) is 4.93. The molecule has 0 amide bonds. The molecule has 10 heavy (non-hydrogen) atoms. The van der Waals surface area contributed by atoms with Crippen LogP contribution >= 0.6 is 7.92 Å². The zero-order valence-electron chi connectivity index (χ0n) is 5.82. The molecule has 2 heteroatoms. The van der Waals surface area contributed by atoms with E-state index in [1.807, 2.05) is 37.0 Å². The van der Waals surface area contributed by atoms with Gasteiger partial charge in [-0.15, -0.1) is 0 Å². The van der Waals surface area contributed by atoms with Crippen molar-refractivity contribution in [2.45, 2.75) is 0 Å². The summed E-state index contributed by atoms with van der Waals surface area (Å²) in [5.41, 5.74) is 0. The summed E-state index contributed by atoms with van der Waals surface area (Å²) in [6.07, 6.45) is 0. The van der Waals surface area contributed by atoms with Crippen molar-refractivity contribution in [3.8, 4) is 0 Å². The van der Waals surface area contributed by atoms with Gasteiger partial charge in [0, 0.05) is 0 Å². The first-order valence-electron chi connectivity index (χ1n) is 3.08. The minimum Gasteiger partial charge on any atom is -0.298 e. The van der Waals surface area contributed by atoms with Gasteiger partial charge in [-0.05, 0) is 19.9 Å². The Kier molecular flexibility index (Phi) is 2.58. The Morgan fingerprint density at radius 1 is 1.30 bits per heavy atom. The highest BCUT2D eigenvalue weighted by atomic mass is 31.1. The molecule has 1 unspecified atom stereocenters. The Bertz CT molecular complexity index is 208. The lowest BCUT2D eigenvalue weighted by molar-refractivity contribution is 0.569. The van der Waals surface area contributed by atoms with Crippen molar-refractivity contribution in [2.24, 2.45) is 0 Å². The molecule has 1 nitrogen and oxygen atoms in total. The van der Waals surface area contributed by atoms with Crippen molar-refractivity contribution >= 4 is 19.3 Å². The molecule has 0 bridgehead atoms. The highest BCUT2D eigenvalue weighted by Crippen LogP contribution is 2.23. The van der Waals surface area contributed by atoms with E-state index in [0.29, 0.717) is 0 Å². The maximum absolute atomic E-state index is 10.3. The maximum Gasteiger partial charge on any atom is 0.146 e. The Morgan fingerprint density at radius 3 is 2.40 bits per heavy atom. The number of hydrogen-bond acceptors (Lipinski definition) is 1. The summed E-state index contributed by atoms with van der Waals surface area (Å²) in [6.45, 7) is 1.96. The lowest BCUT2D eigenvalue weighted by Crippen LogP contribution is -1.97. The van der Waals surface area contributed by atoms with Gasteiger partial charge < -0.3 is 0 Å². The zero-order valence-corrected chi connectivity index (χ0v) is 6.71. The number of carbonyl (C=O) groups is 1. The predicted octanol–water partition coefficient (Wildman–Crippen LogP) is 1.61. The van der Waals surface area contributed by atoms with Crippen molar-refractivity contribution in [2.75, 3.05) is 6.66 Å². The van der Waals surface area contributed by atoms with Crippen LogP contribution in [0.25, 0.3) is 0 Å². The molecule has 0 heterocycles. The maximum atomic E-state index is 10.3. The summed E-state index contributed by atoms with van der Waals surface area (Å²) in [5, 5.41) is 1.15. The fourth-order valence-corrected chi connectivity index (χ4v) is 1.49. The summed E-state index contributed by atoms with van der Waals surface area (Å²) in [4.78, 5) is 10.3. The molecule has 0 N–H and O–H groups in total. The fourth-order valence-electron chi connectivity index (χ4n) is 0.724. The Labute approximate surface area is 61.8 Å². The summed E-state index contributed by atoms with van der Waals surface area (Å²) >= 11 is 0. The molecule has 0 saturated heterocycles. The number of rotatable bonds is 2. The van der Waals surface area contributed by atoms with Crippen LogP contribution in [0, 0.1) is 0 Å². The van der Waals surface area contributed by atoms with Crippen LogP contribution in [-0.4, -0.2) is 12.7 Å². The molecule has 0 aliphatic heterocycles. The third kappa shape index (κ3) is 1.65. The van der Waals surface area contributed by atoms with E-state index in [4.69, 9.17) is 0 Å². The summed E-state index contributed by atoms with van der Waals surface area (Å²) < 4.78 is 0. The molecule has 0 aliphatic carbocycles. The van der Waals surface area contributed by atoms with Crippen molar-refractivity contribution in [3.63, 3.8) is 0 Å². The second-order valence-electron chi connectivity index (χ2n) is 2.05. The Hall–Kier alpha value is -0.680. The highest BCUT2D eigenvalue weighted by molar-refractivity contribution is 7.78. The van der Waals surface area contributed by atoms with Crippen LogP contribution in [0.3, 0.4) is 0 Å². The van der Waals surface area contributed by atoms with E-state index in [2.05, 4.69) is 0 Å². The van der Waals surface area contributed by atoms with Crippen LogP contribution < -0.4 is 5.30 Å². The normalized spacial score (nSPS) is 12.5. The molecule has 0 radical (unpaired) electrons. The second-order valence-corrected chi connectivity index (χ2v) is 4.00. The molecule has 0 fully saturated rings. The monoisotopic (exact) mass is 152 g/mol. The standard InChI is InChI=1S/C8H9OP/c1-10(7-9)8-5-3-2-4-6-8/h2-7H,1H3. The average Bonchev–Trinajstić information content (AvgIpc) is 2.05. The molecular weight excluding hydrogens is 143 g/mol. The van der Waals surface area contributed by atoms with Gasteiger partial charge in [0.25, 0.3) is 0 Å². The van der Waals surface area contributed by atoms with Gasteiger partial charge in [0.2, 0.25) is 0 Å². The highest BCUT2D eigenvalue weighted by Gasteiger charge is 1.99. The lowest BCUT2D eigenvalue weighted by atomic mass is 10.4. The minimum atomic E-state index is -0.554. The predicted molar refractivity (Wildman–Crippen MR) is 45.7 cm³/mol. The topological polar surface area (TPSA) is 17.1 Å². The molecule has 52 valence electrons. The quantitative estimate of drug-likeness (QED) is 0.464. The van der Waals surface area contributed by atoms with E-state index < -0.39 is 7.92 Å². The van der Waals surface area contributed by atoms with Gasteiger partial charge in [0.1, 0.15) is 6.03 Å². The van der Waals surface area contributed by atoms with Gasteiger partial charge in [-0.25, -0.2) is 0 Å². The minimum absolute atomic E-state index is 0.554. The van der Waals surface area contributed by atoms with Crippen molar-refractivity contribution in [1.29, 1.82) is 0 Å². The third-order valence-corrected chi connectivity index (χ3v) is 2.75. The Balaban J connectivity index is 2.84. The molecule has 0 aromatic heterocycles. The molecule has 1 aromatic carbocycles. The summed E-state index contributed by atoms with van der Waals surface area (Å²) in [5.74, 6) is 0. The van der Waals surface area contributed by atoms with Gasteiger partial charge in [-0.3, -0.25) is 4.79 Å². The Morgan fingerprint density at radius 2 is 1.90 bits per heavy atom. The van der Waals surface area contributed by atoms with Gasteiger partial charge >= 0.3 is 0 Å². The molecular formula is C8H9OP. The van der Waals surface area contributed by atoms with Crippen LogP contribution in [-0.2, 0) is 4.79 Å². The fraction of sp³-hybridized carbons (Fsp3) is 0.125. The van der Waals surface area contributed by atoms with Crippen LogP contribution in [0.4, 0.5) is 0 Å². The average molecular weight is 152 g/mol. The zero-order chi connectivity index (χ0) is 7.40. The van der Waals surface area contributed by atoms with Crippen molar-refractivity contribution < 1.29 is 4.79 Å². The summed E-state index contributed by atoms with van der Waals surface area (Å²) in [7, 11) is -0.554. The number of benzene rings is 1. The SMILES string of the molecule is CP(C=O)c1ccccc1. The van der Waals surface area contributed by atoms with Crippen LogP contribution in [0.5, 0.6) is 0 Å². The van der Waals surface area contributed by atoms with Gasteiger partial charge in [-0.2, -0.15) is 0 Å². The van der Waals surface area contributed by atoms with Crippen molar-refractivity contribution in [1.82, 2.24) is 0 Å². The van der Waals surface area contributed by atoms with E-state index in [1.54, 1.807) is 0 Å². The van der Waals surface area contributed by atoms with Gasteiger partial charge in [0.05, 0.1) is 0 Å². The van der Waals surface area contributed by atoms with E-state index in [0.717, 1.165) is 11.3 Å². The summed E-state index contributed by atoms with van der Waals surface area (Å²) in [6, 6.07) is 10.9. The molecule has 0 spiro atoms. The van der Waals surface area contributed by atoms with Crippen LogP contribution in [0.2, 0.25) is 0 Å². The van der Waals surface area contributed by atoms with Crippen LogP contribution in [0.15, 0.2) is 30.3 Å². The first-order chi connectivity index (χ1) is 4.84. The van der Waals surface area contributed by atoms with Crippen LogP contribution in [0.1, 0.15) is 0 Å². The molecule has 0 saturated carbocycles. The van der Waals surface area contributed by atoms with Crippen molar-refractivity contribution in [3.05, 3.63) is 30.3 Å². The second kappa shape index (κ2) is 3.48. The van der Waals surface area contributed by atoms with E-state index in [-0.39, 0.29) is 0 Å². The third-order valence-electron chi connectivity index (χ3n) is 1.32. The smallest absolute Gasteiger partial charge is 0.146 e. The van der Waals surface area contributed by atoms with E-state index in [1.165, 1.54) is 0 Å². The molecule has 1 rings (SSSR count). The van der Waals surface area contributed by atoms with E-state index in [9.17, 15) is 4.79 Å². The van der Waals surface area contributed by atoms with Gasteiger partial charge in [-0.1, -0.05) is 30.3 Å². The lowest BCUT2D eigenvalue weighted by Gasteiger charge is -2.01.